The molecular formula is C18H16FNO. The molecule has 1 aromatic heterocycles. The second-order valence-electron chi connectivity index (χ2n) is 5.19. The third kappa shape index (κ3) is 3.44. The van der Waals surface area contributed by atoms with Gasteiger partial charge in [-0.2, -0.15) is 0 Å². The fraction of sp³-hybridized carbons (Fsp3) is 0.167. The molecule has 1 N–H and O–H groups in total. The average Bonchev–Trinajstić information content (AvgIpc) is 2.47. The number of nitrogens with zero attached hydrogens (tertiary/aromatic N) is 1. The lowest BCUT2D eigenvalue weighted by Crippen LogP contribution is -2.14. The second kappa shape index (κ2) is 6.02. The van der Waals surface area contributed by atoms with Gasteiger partial charge in [-0.15, -0.1) is 0 Å². The lowest BCUT2D eigenvalue weighted by Gasteiger charge is -2.11. The van der Waals surface area contributed by atoms with Gasteiger partial charge in [0.05, 0.1) is 11.6 Å². The quantitative estimate of drug-likeness (QED) is 0.793. The van der Waals surface area contributed by atoms with Gasteiger partial charge >= 0.3 is 0 Å². The van der Waals surface area contributed by atoms with Crippen LogP contribution in [-0.2, 0) is 12.8 Å². The van der Waals surface area contributed by atoms with Crippen LogP contribution >= 0.6 is 0 Å². The summed E-state index contributed by atoms with van der Waals surface area (Å²) in [5.41, 5.74) is 2.56. The minimum absolute atomic E-state index is 0.275. The van der Waals surface area contributed by atoms with Crippen LogP contribution in [0.15, 0.2) is 60.7 Å². The van der Waals surface area contributed by atoms with E-state index in [1.54, 1.807) is 6.07 Å². The van der Waals surface area contributed by atoms with Gasteiger partial charge in [-0.25, -0.2) is 4.39 Å². The van der Waals surface area contributed by atoms with Crippen molar-refractivity contribution in [1.29, 1.82) is 0 Å². The van der Waals surface area contributed by atoms with E-state index in [0.717, 1.165) is 22.2 Å². The molecule has 3 rings (SSSR count). The number of fused-ring (bicyclic) bond motifs is 1. The monoisotopic (exact) mass is 281 g/mol. The Labute approximate surface area is 122 Å². The van der Waals surface area contributed by atoms with Crippen LogP contribution in [0.5, 0.6) is 0 Å². The van der Waals surface area contributed by atoms with E-state index in [1.807, 2.05) is 42.5 Å². The summed E-state index contributed by atoms with van der Waals surface area (Å²) in [7, 11) is 0. The maximum atomic E-state index is 13.1. The van der Waals surface area contributed by atoms with Crippen LogP contribution in [0.1, 0.15) is 11.3 Å². The maximum absolute atomic E-state index is 13.1. The van der Waals surface area contributed by atoms with E-state index < -0.39 is 6.10 Å². The zero-order valence-electron chi connectivity index (χ0n) is 11.5. The van der Waals surface area contributed by atoms with Gasteiger partial charge in [0.25, 0.3) is 0 Å². The first-order valence-electron chi connectivity index (χ1n) is 6.98. The van der Waals surface area contributed by atoms with Gasteiger partial charge < -0.3 is 5.11 Å². The highest BCUT2D eigenvalue weighted by molar-refractivity contribution is 5.78. The number of aromatic nitrogens is 1. The maximum Gasteiger partial charge on any atom is 0.123 e. The molecule has 3 aromatic rings. The fourth-order valence-corrected chi connectivity index (χ4v) is 2.47. The highest BCUT2D eigenvalue weighted by Crippen LogP contribution is 2.14. The molecule has 0 saturated carbocycles. The molecule has 106 valence electrons. The fourth-order valence-electron chi connectivity index (χ4n) is 2.47. The van der Waals surface area contributed by atoms with Crippen LogP contribution in [0.4, 0.5) is 4.39 Å². The van der Waals surface area contributed by atoms with Crippen molar-refractivity contribution in [2.24, 2.45) is 0 Å². The molecule has 3 heteroatoms. The molecule has 2 nitrogen and oxygen atoms in total. The van der Waals surface area contributed by atoms with Gasteiger partial charge in [-0.05, 0) is 36.2 Å². The molecule has 2 aromatic carbocycles. The Balaban J connectivity index is 1.72. The van der Waals surface area contributed by atoms with E-state index in [2.05, 4.69) is 4.98 Å². The van der Waals surface area contributed by atoms with Crippen LogP contribution < -0.4 is 0 Å². The summed E-state index contributed by atoms with van der Waals surface area (Å²) in [6, 6.07) is 18.2. The van der Waals surface area contributed by atoms with E-state index in [0.29, 0.717) is 12.8 Å². The Hall–Kier alpha value is -2.26. The van der Waals surface area contributed by atoms with Crippen molar-refractivity contribution in [3.05, 3.63) is 77.7 Å². The number of aliphatic hydroxyl groups is 1. The first-order chi connectivity index (χ1) is 10.2. The third-order valence-corrected chi connectivity index (χ3v) is 3.46. The highest BCUT2D eigenvalue weighted by Gasteiger charge is 2.09. The van der Waals surface area contributed by atoms with Gasteiger partial charge in [0.15, 0.2) is 0 Å². The topological polar surface area (TPSA) is 33.1 Å². The van der Waals surface area contributed by atoms with Crippen molar-refractivity contribution in [2.45, 2.75) is 18.9 Å². The number of pyridine rings is 1. The van der Waals surface area contributed by atoms with Crippen molar-refractivity contribution in [2.75, 3.05) is 0 Å². The van der Waals surface area contributed by atoms with Crippen LogP contribution in [0.3, 0.4) is 0 Å². The Morgan fingerprint density at radius 3 is 2.67 bits per heavy atom. The average molecular weight is 281 g/mol. The molecule has 0 aliphatic carbocycles. The minimum Gasteiger partial charge on any atom is -0.392 e. The highest BCUT2D eigenvalue weighted by atomic mass is 19.1. The summed E-state index contributed by atoms with van der Waals surface area (Å²) in [5, 5.41) is 11.2. The first kappa shape index (κ1) is 13.7. The standard InChI is InChI=1S/C18H16FNO/c19-15-6-3-4-13(10-15)11-17(21)12-16-9-8-14-5-1-2-7-18(14)20-16/h1-10,17,21H,11-12H2. The predicted molar refractivity (Wildman–Crippen MR) is 81.6 cm³/mol. The van der Waals surface area contributed by atoms with Crippen LogP contribution in [0.25, 0.3) is 10.9 Å². The molecule has 0 aliphatic heterocycles. The molecule has 0 spiro atoms. The summed E-state index contributed by atoms with van der Waals surface area (Å²) in [6.07, 6.45) is 0.314. The van der Waals surface area contributed by atoms with Gasteiger partial charge in [0, 0.05) is 17.5 Å². The minimum atomic E-state index is -0.569. The number of benzene rings is 2. The molecule has 0 fully saturated rings. The molecule has 0 aliphatic rings. The Kier molecular flexibility index (Phi) is 3.93. The van der Waals surface area contributed by atoms with Crippen molar-refractivity contribution in [3.63, 3.8) is 0 Å². The predicted octanol–water partition coefficient (Wildman–Crippen LogP) is 3.52. The normalized spacial score (nSPS) is 12.5. The number of hydrogen-bond donors (Lipinski definition) is 1. The van der Waals surface area contributed by atoms with Crippen molar-refractivity contribution in [1.82, 2.24) is 4.98 Å². The number of halogens is 1. The molecule has 1 unspecified atom stereocenters. The zero-order chi connectivity index (χ0) is 14.7. The van der Waals surface area contributed by atoms with Gasteiger partial charge in [0.1, 0.15) is 5.82 Å². The molecule has 1 heterocycles. The Morgan fingerprint density at radius 1 is 0.952 bits per heavy atom. The van der Waals surface area contributed by atoms with Crippen molar-refractivity contribution < 1.29 is 9.50 Å². The summed E-state index contributed by atoms with van der Waals surface area (Å²) in [6.45, 7) is 0. The summed E-state index contributed by atoms with van der Waals surface area (Å²) >= 11 is 0. The number of para-hydroxylation sites is 1. The first-order valence-corrected chi connectivity index (χ1v) is 6.98. The van der Waals surface area contributed by atoms with E-state index in [1.165, 1.54) is 12.1 Å². The molecule has 0 amide bonds. The van der Waals surface area contributed by atoms with Crippen LogP contribution in [0.2, 0.25) is 0 Å². The molecular weight excluding hydrogens is 265 g/mol. The van der Waals surface area contributed by atoms with Gasteiger partial charge in [-0.3, -0.25) is 4.98 Å². The molecule has 0 saturated heterocycles. The third-order valence-electron chi connectivity index (χ3n) is 3.46. The van der Waals surface area contributed by atoms with Crippen LogP contribution in [0, 0.1) is 5.82 Å². The Morgan fingerprint density at radius 2 is 1.81 bits per heavy atom. The van der Waals surface area contributed by atoms with E-state index >= 15 is 0 Å². The lowest BCUT2D eigenvalue weighted by atomic mass is 10.0. The van der Waals surface area contributed by atoms with Gasteiger partial charge in [-0.1, -0.05) is 36.4 Å². The summed E-state index contributed by atoms with van der Waals surface area (Å²) in [4.78, 5) is 4.54. The van der Waals surface area contributed by atoms with E-state index in [-0.39, 0.29) is 5.82 Å². The summed E-state index contributed by atoms with van der Waals surface area (Å²) in [5.74, 6) is -0.275. The molecule has 0 radical (unpaired) electrons. The zero-order valence-corrected chi connectivity index (χ0v) is 11.5. The molecule has 0 bridgehead atoms. The number of aliphatic hydroxyl groups excluding tert-OH is 1. The van der Waals surface area contributed by atoms with Crippen molar-refractivity contribution >= 4 is 10.9 Å². The van der Waals surface area contributed by atoms with E-state index in [4.69, 9.17) is 0 Å². The molecule has 1 atom stereocenters. The smallest absolute Gasteiger partial charge is 0.123 e. The summed E-state index contributed by atoms with van der Waals surface area (Å²) < 4.78 is 13.1. The second-order valence-corrected chi connectivity index (χ2v) is 5.19. The number of hydrogen-bond acceptors (Lipinski definition) is 2. The van der Waals surface area contributed by atoms with Crippen molar-refractivity contribution in [3.8, 4) is 0 Å². The Bertz CT molecular complexity index is 757. The van der Waals surface area contributed by atoms with Crippen LogP contribution in [-0.4, -0.2) is 16.2 Å². The SMILES string of the molecule is OC(Cc1cccc(F)c1)Cc1ccc2ccccc2n1. The van der Waals surface area contributed by atoms with Gasteiger partial charge in [0.2, 0.25) is 0 Å². The number of rotatable bonds is 4. The van der Waals surface area contributed by atoms with E-state index in [9.17, 15) is 9.50 Å². The molecule has 21 heavy (non-hydrogen) atoms. The lowest BCUT2D eigenvalue weighted by molar-refractivity contribution is 0.174. The largest absolute Gasteiger partial charge is 0.392 e.